The molecule has 0 aromatic rings. The van der Waals surface area contributed by atoms with E-state index >= 15 is 0 Å². The van der Waals surface area contributed by atoms with Crippen molar-refractivity contribution in [2.24, 2.45) is 5.73 Å². The molecule has 0 aliphatic carbocycles. The van der Waals surface area contributed by atoms with E-state index in [1.165, 1.54) is 116 Å². The molecule has 0 fully saturated rings. The minimum atomic E-state index is -4.39. The summed E-state index contributed by atoms with van der Waals surface area (Å²) in [6.45, 7) is 3.72. The van der Waals surface area contributed by atoms with E-state index in [9.17, 15) is 19.0 Å². The highest BCUT2D eigenvalue weighted by molar-refractivity contribution is 7.47. The Morgan fingerprint density at radius 1 is 0.500 bits per heavy atom. The second kappa shape index (κ2) is 46.5. The molecule has 60 heavy (non-hydrogen) atoms. The highest BCUT2D eigenvalue weighted by Crippen LogP contribution is 2.43. The number of nitrogens with two attached hydrogens (primary N) is 1. The Kier molecular flexibility index (Phi) is 44.9. The number of hydrogen-bond donors (Lipinski definition) is 2. The van der Waals surface area contributed by atoms with Gasteiger partial charge in [-0.3, -0.25) is 18.6 Å². The number of phosphoric ester groups is 1. The average Bonchev–Trinajstić information content (AvgIpc) is 3.24. The van der Waals surface area contributed by atoms with Gasteiger partial charge in [-0.25, -0.2) is 4.57 Å². The van der Waals surface area contributed by atoms with Crippen molar-refractivity contribution < 1.29 is 37.6 Å². The van der Waals surface area contributed by atoms with Crippen LogP contribution in [0.25, 0.3) is 0 Å². The Hall–Kier alpha value is -2.03. The number of allylic oxidation sites excluding steroid dienone is 8. The molecule has 0 aromatic carbocycles. The van der Waals surface area contributed by atoms with Crippen molar-refractivity contribution in [3.05, 3.63) is 48.6 Å². The maximum absolute atomic E-state index is 12.6. The van der Waals surface area contributed by atoms with Crippen molar-refractivity contribution in [2.45, 2.75) is 232 Å². The van der Waals surface area contributed by atoms with Crippen LogP contribution in [-0.2, 0) is 32.7 Å². The third-order valence-electron chi connectivity index (χ3n) is 10.4. The lowest BCUT2D eigenvalue weighted by Gasteiger charge is -2.19. The van der Waals surface area contributed by atoms with Crippen LogP contribution in [-0.4, -0.2) is 49.3 Å². The van der Waals surface area contributed by atoms with Gasteiger partial charge in [-0.15, -0.1) is 0 Å². The van der Waals surface area contributed by atoms with Crippen LogP contribution in [0.3, 0.4) is 0 Å². The van der Waals surface area contributed by atoms with Gasteiger partial charge in [-0.05, 0) is 77.0 Å². The number of carbonyl (C=O) groups excluding carboxylic acids is 2. The lowest BCUT2D eigenvalue weighted by molar-refractivity contribution is -0.161. The fourth-order valence-corrected chi connectivity index (χ4v) is 7.52. The van der Waals surface area contributed by atoms with Crippen molar-refractivity contribution in [1.29, 1.82) is 0 Å². The lowest BCUT2D eigenvalue weighted by Crippen LogP contribution is -2.29. The molecule has 2 unspecified atom stereocenters. The van der Waals surface area contributed by atoms with Crippen molar-refractivity contribution in [3.63, 3.8) is 0 Å². The van der Waals surface area contributed by atoms with Gasteiger partial charge in [0.05, 0.1) is 13.2 Å². The Labute approximate surface area is 368 Å². The molecule has 350 valence electrons. The molecule has 0 aliphatic rings. The molecule has 0 spiro atoms. The van der Waals surface area contributed by atoms with Gasteiger partial charge in [-0.1, -0.05) is 184 Å². The summed E-state index contributed by atoms with van der Waals surface area (Å²) in [7, 11) is -4.39. The number of unbranched alkanes of at least 4 members (excludes halogenated alkanes) is 25. The van der Waals surface area contributed by atoms with Gasteiger partial charge in [0.2, 0.25) is 0 Å². The van der Waals surface area contributed by atoms with Gasteiger partial charge in [0.25, 0.3) is 0 Å². The third kappa shape index (κ3) is 45.5. The van der Waals surface area contributed by atoms with Gasteiger partial charge < -0.3 is 20.1 Å². The van der Waals surface area contributed by atoms with Crippen molar-refractivity contribution in [2.75, 3.05) is 26.4 Å². The maximum Gasteiger partial charge on any atom is 0.472 e. The topological polar surface area (TPSA) is 134 Å². The first-order chi connectivity index (χ1) is 29.3. The quantitative estimate of drug-likeness (QED) is 0.0265. The first kappa shape index (κ1) is 58.0. The monoisotopic (exact) mass is 866 g/mol. The molecule has 0 amide bonds. The van der Waals surface area contributed by atoms with E-state index < -0.39 is 32.5 Å². The molecule has 0 saturated carbocycles. The van der Waals surface area contributed by atoms with Crippen LogP contribution in [0, 0.1) is 0 Å². The Morgan fingerprint density at radius 2 is 0.867 bits per heavy atom. The molecule has 0 radical (unpaired) electrons. The average molecular weight is 866 g/mol. The zero-order chi connectivity index (χ0) is 43.9. The number of carbonyl (C=O) groups is 2. The molecule has 0 aromatic heterocycles. The SMILES string of the molecule is CCCCCCC/C=C\C/C=C\C/C=C\CCCCCCCCCCC(=O)OC(COC(=O)CCCCCCC/C=C\CCCCCCCCC)COP(=O)(O)OCCN. The molecule has 9 nitrogen and oxygen atoms in total. The summed E-state index contributed by atoms with van der Waals surface area (Å²) < 4.78 is 32.9. The Balaban J connectivity index is 4.10. The van der Waals surface area contributed by atoms with Crippen molar-refractivity contribution in [3.8, 4) is 0 Å². The Bertz CT molecular complexity index is 1120. The summed E-state index contributed by atoms with van der Waals surface area (Å²) in [6.07, 6.45) is 54.3. The van der Waals surface area contributed by atoms with Gasteiger partial charge in [0, 0.05) is 19.4 Å². The van der Waals surface area contributed by atoms with E-state index in [1.54, 1.807) is 0 Å². The summed E-state index contributed by atoms with van der Waals surface area (Å²) in [6, 6.07) is 0. The zero-order valence-electron chi connectivity index (χ0n) is 38.7. The van der Waals surface area contributed by atoms with Crippen molar-refractivity contribution in [1.82, 2.24) is 0 Å². The summed E-state index contributed by atoms with van der Waals surface area (Å²) in [5, 5.41) is 0. The van der Waals surface area contributed by atoms with Crippen LogP contribution in [0.5, 0.6) is 0 Å². The van der Waals surface area contributed by atoms with Crippen LogP contribution in [0.15, 0.2) is 48.6 Å². The van der Waals surface area contributed by atoms with E-state index in [2.05, 4.69) is 62.5 Å². The largest absolute Gasteiger partial charge is 0.472 e. The first-order valence-electron chi connectivity index (χ1n) is 24.6. The molecule has 0 bridgehead atoms. The van der Waals surface area contributed by atoms with Crippen LogP contribution >= 0.6 is 7.82 Å². The third-order valence-corrected chi connectivity index (χ3v) is 11.4. The molecular weight excluding hydrogens is 774 g/mol. The smallest absolute Gasteiger partial charge is 0.462 e. The highest BCUT2D eigenvalue weighted by Gasteiger charge is 2.26. The van der Waals surface area contributed by atoms with Gasteiger partial charge in [0.1, 0.15) is 6.61 Å². The minimum Gasteiger partial charge on any atom is -0.462 e. The van der Waals surface area contributed by atoms with Gasteiger partial charge >= 0.3 is 19.8 Å². The summed E-state index contributed by atoms with van der Waals surface area (Å²) in [5.74, 6) is -0.843. The second-order valence-electron chi connectivity index (χ2n) is 16.3. The fourth-order valence-electron chi connectivity index (χ4n) is 6.75. The van der Waals surface area contributed by atoms with Gasteiger partial charge in [0.15, 0.2) is 6.10 Å². The predicted molar refractivity (Wildman–Crippen MR) is 252 cm³/mol. The first-order valence-corrected chi connectivity index (χ1v) is 26.1. The lowest BCUT2D eigenvalue weighted by atomic mass is 10.1. The summed E-state index contributed by atoms with van der Waals surface area (Å²) >= 11 is 0. The van der Waals surface area contributed by atoms with Crippen LogP contribution in [0.1, 0.15) is 226 Å². The van der Waals surface area contributed by atoms with E-state index in [-0.39, 0.29) is 32.6 Å². The van der Waals surface area contributed by atoms with Crippen LogP contribution in [0.2, 0.25) is 0 Å². The molecule has 3 N–H and O–H groups in total. The molecular formula is C50H92NO8P. The molecule has 2 atom stereocenters. The summed E-state index contributed by atoms with van der Waals surface area (Å²) in [4.78, 5) is 35.0. The zero-order valence-corrected chi connectivity index (χ0v) is 39.6. The number of hydrogen-bond acceptors (Lipinski definition) is 8. The molecule has 0 saturated heterocycles. The minimum absolute atomic E-state index is 0.0498. The normalized spacial score (nSPS) is 13.6. The van der Waals surface area contributed by atoms with E-state index in [0.29, 0.717) is 6.42 Å². The molecule has 0 aliphatic heterocycles. The molecule has 0 heterocycles. The summed E-state index contributed by atoms with van der Waals surface area (Å²) in [5.41, 5.74) is 5.36. The van der Waals surface area contributed by atoms with E-state index in [0.717, 1.165) is 77.0 Å². The maximum atomic E-state index is 12.6. The fraction of sp³-hybridized carbons (Fsp3) is 0.800. The number of esters is 2. The predicted octanol–water partition coefficient (Wildman–Crippen LogP) is 14.7. The van der Waals surface area contributed by atoms with Crippen molar-refractivity contribution >= 4 is 19.8 Å². The number of phosphoric acid groups is 1. The standard InChI is InChI=1S/C50H92NO8P/c1-3-5-7-9-11-13-15-17-19-21-22-23-24-25-26-27-29-31-33-35-37-39-41-43-50(53)59-48(47-58-60(54,55)57-45-44-51)46-56-49(52)42-40-38-36-34-32-30-28-20-18-16-14-12-10-8-6-4-2/h15,17,20-22,24-25,28,48H,3-14,16,18-19,23,26-27,29-47,51H2,1-2H3,(H,54,55)/b17-15-,22-21-,25-24-,28-20-. The van der Waals surface area contributed by atoms with Crippen LogP contribution < -0.4 is 5.73 Å². The molecule has 10 heteroatoms. The van der Waals surface area contributed by atoms with E-state index in [4.69, 9.17) is 24.3 Å². The van der Waals surface area contributed by atoms with E-state index in [1.807, 2.05) is 0 Å². The Morgan fingerprint density at radius 3 is 1.30 bits per heavy atom. The van der Waals surface area contributed by atoms with Gasteiger partial charge in [-0.2, -0.15) is 0 Å². The second-order valence-corrected chi connectivity index (χ2v) is 17.8. The highest BCUT2D eigenvalue weighted by atomic mass is 31.2. The molecule has 0 rings (SSSR count). The number of rotatable bonds is 46. The number of ether oxygens (including phenoxy) is 2. The van der Waals surface area contributed by atoms with Crippen LogP contribution in [0.4, 0.5) is 0 Å².